The monoisotopic (exact) mass is 401 g/mol. The van der Waals surface area contributed by atoms with Crippen molar-refractivity contribution in [1.29, 1.82) is 0 Å². The fraction of sp³-hybridized carbons (Fsp3) is 0.222. The molecule has 0 fully saturated rings. The number of carbonyl (C=O) groups excluding carboxylic acids is 2. The molecular weight excluding hydrogens is 387 g/mol. The number of hydrogen-bond acceptors (Lipinski definition) is 4. The van der Waals surface area contributed by atoms with Gasteiger partial charge < -0.3 is 14.8 Å². The summed E-state index contributed by atoms with van der Waals surface area (Å²) in [6, 6.07) is 13.1. The third kappa shape index (κ3) is 7.18. The van der Waals surface area contributed by atoms with Crippen LogP contribution in [0.15, 0.2) is 48.5 Å². The van der Waals surface area contributed by atoms with Crippen molar-refractivity contribution in [2.45, 2.75) is 12.8 Å². The van der Waals surface area contributed by atoms with Crippen LogP contribution in [0.5, 0.6) is 5.75 Å². The van der Waals surface area contributed by atoms with Crippen LogP contribution in [0, 0.1) is 0 Å². The van der Waals surface area contributed by atoms with Gasteiger partial charge in [-0.3, -0.25) is 4.79 Å². The van der Waals surface area contributed by atoms with Gasteiger partial charge in [0.05, 0.1) is 0 Å². The van der Waals surface area contributed by atoms with Crippen LogP contribution in [0.25, 0.3) is 0 Å². The van der Waals surface area contributed by atoms with Gasteiger partial charge in [-0.15, -0.1) is 0 Å². The topological polar surface area (TPSA) is 64.6 Å². The van der Waals surface area contributed by atoms with Gasteiger partial charge in [-0.2, -0.15) is 13.2 Å². The first-order valence-corrected chi connectivity index (χ1v) is 8.09. The van der Waals surface area contributed by atoms with Crippen molar-refractivity contribution in [2.24, 2.45) is 0 Å². The summed E-state index contributed by atoms with van der Waals surface area (Å²) in [6.07, 6.45) is -4.54. The molecule has 0 saturated carbocycles. The molecule has 0 unspecified atom stereocenters. The Morgan fingerprint density at radius 2 is 1.70 bits per heavy atom. The molecule has 0 aromatic heterocycles. The summed E-state index contributed by atoms with van der Waals surface area (Å²) in [5, 5.41) is 2.19. The molecule has 0 aliphatic heterocycles. The zero-order valence-corrected chi connectivity index (χ0v) is 14.6. The standard InChI is InChI=1S/C18H15ClF3NO4/c19-13-7-5-12(6-8-13)9-26-15-4-2-1-3-14(15)17(25)27-10-16(24)23-11-18(20,21)22/h1-8H,9-11H2,(H,23,24). The van der Waals surface area contributed by atoms with Crippen molar-refractivity contribution in [3.8, 4) is 5.75 Å². The van der Waals surface area contributed by atoms with E-state index in [0.29, 0.717) is 5.02 Å². The summed E-state index contributed by atoms with van der Waals surface area (Å²) in [7, 11) is 0. The largest absolute Gasteiger partial charge is 0.488 e. The summed E-state index contributed by atoms with van der Waals surface area (Å²) in [5.74, 6) is -1.72. The number of rotatable bonds is 7. The van der Waals surface area contributed by atoms with E-state index in [1.165, 1.54) is 12.1 Å². The molecular formula is C18H15ClF3NO4. The molecule has 2 aromatic rings. The van der Waals surface area contributed by atoms with Crippen LogP contribution >= 0.6 is 11.6 Å². The summed E-state index contributed by atoms with van der Waals surface area (Å²) in [5.41, 5.74) is 0.865. The number of ether oxygens (including phenoxy) is 2. The van der Waals surface area contributed by atoms with Crippen LogP contribution in [0.4, 0.5) is 13.2 Å². The maximum absolute atomic E-state index is 12.1. The third-order valence-electron chi connectivity index (χ3n) is 3.23. The van der Waals surface area contributed by atoms with Gasteiger partial charge in [-0.25, -0.2) is 4.79 Å². The third-order valence-corrected chi connectivity index (χ3v) is 3.49. The number of para-hydroxylation sites is 1. The van der Waals surface area contributed by atoms with Gasteiger partial charge in [-0.05, 0) is 29.8 Å². The molecule has 0 aliphatic rings. The zero-order chi connectivity index (χ0) is 19.9. The Balaban J connectivity index is 1.92. The predicted octanol–water partition coefficient (Wildman–Crippen LogP) is 3.75. The summed E-state index contributed by atoms with van der Waals surface area (Å²) in [6.45, 7) is -2.17. The normalized spacial score (nSPS) is 11.0. The van der Waals surface area contributed by atoms with Crippen molar-refractivity contribution in [3.05, 3.63) is 64.7 Å². The molecule has 2 rings (SSSR count). The number of carbonyl (C=O) groups is 2. The quantitative estimate of drug-likeness (QED) is 0.718. The SMILES string of the molecule is O=C(COC(=O)c1ccccc1OCc1ccc(Cl)cc1)NCC(F)(F)F. The molecule has 5 nitrogen and oxygen atoms in total. The van der Waals surface area contributed by atoms with Crippen molar-refractivity contribution >= 4 is 23.5 Å². The number of alkyl halides is 3. The fourth-order valence-electron chi connectivity index (χ4n) is 1.96. The van der Waals surface area contributed by atoms with E-state index in [9.17, 15) is 22.8 Å². The summed E-state index contributed by atoms with van der Waals surface area (Å²) >= 11 is 5.81. The Morgan fingerprint density at radius 3 is 2.37 bits per heavy atom. The second kappa shape index (κ2) is 9.27. The Hall–Kier alpha value is -2.74. The lowest BCUT2D eigenvalue weighted by molar-refractivity contribution is -0.140. The van der Waals surface area contributed by atoms with Crippen LogP contribution < -0.4 is 10.1 Å². The van der Waals surface area contributed by atoms with Gasteiger partial charge in [0.2, 0.25) is 0 Å². The molecule has 2 aromatic carbocycles. The smallest absolute Gasteiger partial charge is 0.405 e. The lowest BCUT2D eigenvalue weighted by Gasteiger charge is -2.12. The van der Waals surface area contributed by atoms with E-state index in [-0.39, 0.29) is 17.9 Å². The Labute approximate surface area is 158 Å². The van der Waals surface area contributed by atoms with Crippen molar-refractivity contribution in [2.75, 3.05) is 13.2 Å². The van der Waals surface area contributed by atoms with Gasteiger partial charge in [0.15, 0.2) is 6.61 Å². The van der Waals surface area contributed by atoms with Crippen molar-refractivity contribution < 1.29 is 32.2 Å². The minimum Gasteiger partial charge on any atom is -0.488 e. The first kappa shape index (κ1) is 20.6. The van der Waals surface area contributed by atoms with Crippen LogP contribution in [-0.4, -0.2) is 31.2 Å². The highest BCUT2D eigenvalue weighted by Crippen LogP contribution is 2.21. The molecule has 0 spiro atoms. The van der Waals surface area contributed by atoms with Crippen LogP contribution in [-0.2, 0) is 16.1 Å². The number of nitrogens with one attached hydrogen (secondary N) is 1. The van der Waals surface area contributed by atoms with Crippen molar-refractivity contribution in [3.63, 3.8) is 0 Å². The van der Waals surface area contributed by atoms with E-state index in [1.807, 2.05) is 0 Å². The Bertz CT molecular complexity index is 794. The maximum Gasteiger partial charge on any atom is 0.405 e. The lowest BCUT2D eigenvalue weighted by atomic mass is 10.2. The van der Waals surface area contributed by atoms with E-state index < -0.39 is 31.2 Å². The van der Waals surface area contributed by atoms with Crippen LogP contribution in [0.3, 0.4) is 0 Å². The predicted molar refractivity (Wildman–Crippen MR) is 91.6 cm³/mol. The van der Waals surface area contributed by atoms with Gasteiger partial charge in [0, 0.05) is 5.02 Å². The second-order valence-electron chi connectivity index (χ2n) is 5.38. The first-order valence-electron chi connectivity index (χ1n) is 7.71. The molecule has 0 atom stereocenters. The Morgan fingerprint density at radius 1 is 1.04 bits per heavy atom. The van der Waals surface area contributed by atoms with Gasteiger partial charge >= 0.3 is 12.1 Å². The minimum absolute atomic E-state index is 0.0510. The molecule has 9 heteroatoms. The number of amides is 1. The highest BCUT2D eigenvalue weighted by Gasteiger charge is 2.28. The minimum atomic E-state index is -4.54. The highest BCUT2D eigenvalue weighted by atomic mass is 35.5. The molecule has 144 valence electrons. The van der Waals surface area contributed by atoms with Crippen molar-refractivity contribution in [1.82, 2.24) is 5.32 Å². The average Bonchev–Trinajstić information content (AvgIpc) is 2.63. The highest BCUT2D eigenvalue weighted by molar-refractivity contribution is 6.30. The number of esters is 1. The molecule has 0 bridgehead atoms. The molecule has 0 radical (unpaired) electrons. The Kier molecular flexibility index (Phi) is 7.06. The number of benzene rings is 2. The van der Waals surface area contributed by atoms with E-state index in [1.54, 1.807) is 41.7 Å². The molecule has 0 saturated heterocycles. The van der Waals surface area contributed by atoms with Crippen LogP contribution in [0.1, 0.15) is 15.9 Å². The van der Waals surface area contributed by atoms with Gasteiger partial charge in [0.25, 0.3) is 5.91 Å². The molecule has 1 N–H and O–H groups in total. The summed E-state index contributed by atoms with van der Waals surface area (Å²) in [4.78, 5) is 23.4. The van der Waals surface area contributed by atoms with Gasteiger partial charge in [-0.1, -0.05) is 35.9 Å². The van der Waals surface area contributed by atoms with E-state index >= 15 is 0 Å². The van der Waals surface area contributed by atoms with E-state index in [4.69, 9.17) is 21.1 Å². The van der Waals surface area contributed by atoms with E-state index in [2.05, 4.69) is 0 Å². The lowest BCUT2D eigenvalue weighted by Crippen LogP contribution is -2.36. The first-order chi connectivity index (χ1) is 12.7. The average molecular weight is 402 g/mol. The van der Waals surface area contributed by atoms with Gasteiger partial charge in [0.1, 0.15) is 24.5 Å². The second-order valence-corrected chi connectivity index (χ2v) is 5.82. The number of hydrogen-bond donors (Lipinski definition) is 1. The zero-order valence-electron chi connectivity index (χ0n) is 13.9. The molecule has 0 heterocycles. The molecule has 27 heavy (non-hydrogen) atoms. The maximum atomic E-state index is 12.1. The summed E-state index contributed by atoms with van der Waals surface area (Å²) < 4.78 is 46.4. The molecule has 0 aliphatic carbocycles. The molecule has 1 amide bonds. The fourth-order valence-corrected chi connectivity index (χ4v) is 2.09. The van der Waals surface area contributed by atoms with Crippen LogP contribution in [0.2, 0.25) is 5.02 Å². The van der Waals surface area contributed by atoms with E-state index in [0.717, 1.165) is 5.56 Å². The number of halogens is 4.